The lowest BCUT2D eigenvalue weighted by atomic mass is 10.1. The number of nitrogens with zero attached hydrogens (tertiary/aromatic N) is 3. The van der Waals surface area contributed by atoms with E-state index in [9.17, 15) is 4.79 Å². The maximum atomic E-state index is 12.9. The Labute approximate surface area is 141 Å². The highest BCUT2D eigenvalue weighted by atomic mass is 16.2. The number of hydrogen-bond donors (Lipinski definition) is 0. The smallest absolute Gasteiger partial charge is 0.227 e. The summed E-state index contributed by atoms with van der Waals surface area (Å²) in [7, 11) is 0. The molecule has 1 aliphatic rings. The van der Waals surface area contributed by atoms with E-state index >= 15 is 0 Å². The molecule has 2 heterocycles. The number of carbonyl (C=O) groups excluding carboxylic acids is 1. The van der Waals surface area contributed by atoms with Crippen LogP contribution in [-0.4, -0.2) is 26.2 Å². The number of hydrogen-bond acceptors (Lipinski definition) is 2. The van der Waals surface area contributed by atoms with Crippen molar-refractivity contribution in [2.45, 2.75) is 38.8 Å². The number of imidazole rings is 1. The van der Waals surface area contributed by atoms with Gasteiger partial charge in [0, 0.05) is 12.2 Å². The fraction of sp³-hybridized carbons (Fsp3) is 0.300. The van der Waals surface area contributed by atoms with Gasteiger partial charge in [0.1, 0.15) is 5.65 Å². The molecule has 122 valence electrons. The van der Waals surface area contributed by atoms with Gasteiger partial charge in [-0.3, -0.25) is 4.79 Å². The minimum Gasteiger partial charge on any atom is -0.334 e. The molecule has 0 aliphatic heterocycles. The van der Waals surface area contributed by atoms with E-state index in [1.165, 1.54) is 5.56 Å². The average molecular weight is 319 g/mol. The molecule has 2 aromatic heterocycles. The van der Waals surface area contributed by atoms with Crippen LogP contribution in [0.2, 0.25) is 0 Å². The molecule has 1 amide bonds. The Kier molecular flexibility index (Phi) is 3.81. The van der Waals surface area contributed by atoms with Gasteiger partial charge in [-0.25, -0.2) is 4.98 Å². The third kappa shape index (κ3) is 3.04. The van der Waals surface area contributed by atoms with Crippen LogP contribution in [0.5, 0.6) is 0 Å². The van der Waals surface area contributed by atoms with Gasteiger partial charge < -0.3 is 9.30 Å². The normalized spacial score (nSPS) is 14.0. The van der Waals surface area contributed by atoms with Gasteiger partial charge in [0.05, 0.1) is 24.9 Å². The molecule has 1 aliphatic carbocycles. The Morgan fingerprint density at radius 3 is 2.92 bits per heavy atom. The number of aryl methyl sites for hydroxylation is 1. The molecule has 4 nitrogen and oxygen atoms in total. The molecule has 1 aromatic carbocycles. The van der Waals surface area contributed by atoms with Crippen LogP contribution >= 0.6 is 0 Å². The number of rotatable bonds is 5. The van der Waals surface area contributed by atoms with Crippen LogP contribution < -0.4 is 0 Å². The number of pyridine rings is 1. The lowest BCUT2D eigenvalue weighted by Gasteiger charge is -2.22. The van der Waals surface area contributed by atoms with E-state index < -0.39 is 0 Å². The third-order valence-electron chi connectivity index (χ3n) is 4.57. The van der Waals surface area contributed by atoms with E-state index in [1.54, 1.807) is 0 Å². The molecule has 0 bridgehead atoms. The quantitative estimate of drug-likeness (QED) is 0.723. The summed E-state index contributed by atoms with van der Waals surface area (Å²) in [6.45, 7) is 2.69. The molecule has 0 N–H and O–H groups in total. The van der Waals surface area contributed by atoms with E-state index in [0.717, 1.165) is 29.7 Å². The molecule has 0 unspecified atom stereocenters. The van der Waals surface area contributed by atoms with Crippen molar-refractivity contribution >= 4 is 11.6 Å². The summed E-state index contributed by atoms with van der Waals surface area (Å²) in [6.07, 6.45) is 6.57. The molecule has 3 aromatic rings. The molecular formula is C20H21N3O. The van der Waals surface area contributed by atoms with Gasteiger partial charge >= 0.3 is 0 Å². The topological polar surface area (TPSA) is 37.6 Å². The van der Waals surface area contributed by atoms with E-state index in [2.05, 4.69) is 28.4 Å². The Bertz CT molecular complexity index is 879. The van der Waals surface area contributed by atoms with Crippen molar-refractivity contribution in [2.75, 3.05) is 0 Å². The first-order chi connectivity index (χ1) is 11.7. The summed E-state index contributed by atoms with van der Waals surface area (Å²) < 4.78 is 2.06. The van der Waals surface area contributed by atoms with Crippen LogP contribution in [0, 0.1) is 6.92 Å². The van der Waals surface area contributed by atoms with E-state index in [-0.39, 0.29) is 5.91 Å². The number of benzene rings is 1. The van der Waals surface area contributed by atoms with Gasteiger partial charge in [-0.1, -0.05) is 35.9 Å². The lowest BCUT2D eigenvalue weighted by molar-refractivity contribution is -0.131. The van der Waals surface area contributed by atoms with Crippen LogP contribution in [0.3, 0.4) is 0 Å². The molecule has 4 heteroatoms. The van der Waals surface area contributed by atoms with Gasteiger partial charge in [-0.05, 0) is 37.5 Å². The molecule has 0 spiro atoms. The zero-order chi connectivity index (χ0) is 16.5. The van der Waals surface area contributed by atoms with Crippen molar-refractivity contribution < 1.29 is 4.79 Å². The van der Waals surface area contributed by atoms with Crippen LogP contribution in [-0.2, 0) is 17.8 Å². The van der Waals surface area contributed by atoms with Gasteiger partial charge in [0.25, 0.3) is 0 Å². The highest BCUT2D eigenvalue weighted by Crippen LogP contribution is 2.29. The van der Waals surface area contributed by atoms with Crippen molar-refractivity contribution in [3.05, 3.63) is 71.7 Å². The summed E-state index contributed by atoms with van der Waals surface area (Å²) in [6, 6.07) is 14.6. The molecule has 24 heavy (non-hydrogen) atoms. The van der Waals surface area contributed by atoms with Gasteiger partial charge in [0.2, 0.25) is 5.91 Å². The highest BCUT2D eigenvalue weighted by Gasteiger charge is 2.33. The first-order valence-corrected chi connectivity index (χ1v) is 8.47. The zero-order valence-corrected chi connectivity index (χ0v) is 13.9. The maximum Gasteiger partial charge on any atom is 0.227 e. The van der Waals surface area contributed by atoms with Crippen molar-refractivity contribution in [1.82, 2.24) is 14.3 Å². The predicted octanol–water partition coefficient (Wildman–Crippen LogP) is 3.38. The zero-order valence-electron chi connectivity index (χ0n) is 13.9. The first-order valence-electron chi connectivity index (χ1n) is 8.47. The molecule has 1 fully saturated rings. The van der Waals surface area contributed by atoms with Gasteiger partial charge in [-0.2, -0.15) is 0 Å². The SMILES string of the molecule is Cc1cccc(CC(=O)N(Cc2cnc3ccccn23)C2CC2)c1. The van der Waals surface area contributed by atoms with Crippen LogP contribution in [0.4, 0.5) is 0 Å². The molecular weight excluding hydrogens is 298 g/mol. The molecule has 0 radical (unpaired) electrons. The first kappa shape index (κ1) is 14.9. The number of amides is 1. The third-order valence-corrected chi connectivity index (χ3v) is 4.57. The summed E-state index contributed by atoms with van der Waals surface area (Å²) in [5, 5.41) is 0. The van der Waals surface area contributed by atoms with Crippen LogP contribution in [0.15, 0.2) is 54.9 Å². The fourth-order valence-electron chi connectivity index (χ4n) is 3.18. The minimum atomic E-state index is 0.203. The Hall–Kier alpha value is -2.62. The Balaban J connectivity index is 1.55. The second kappa shape index (κ2) is 6.11. The highest BCUT2D eigenvalue weighted by molar-refractivity contribution is 5.79. The second-order valence-electron chi connectivity index (χ2n) is 6.60. The second-order valence-corrected chi connectivity index (χ2v) is 6.60. The van der Waals surface area contributed by atoms with Crippen LogP contribution in [0.1, 0.15) is 29.7 Å². The van der Waals surface area contributed by atoms with Crippen molar-refractivity contribution in [1.29, 1.82) is 0 Å². The maximum absolute atomic E-state index is 12.9. The summed E-state index contributed by atoms with van der Waals surface area (Å²) in [4.78, 5) is 19.3. The Morgan fingerprint density at radius 2 is 2.12 bits per heavy atom. The van der Waals surface area contributed by atoms with E-state index in [0.29, 0.717) is 19.0 Å². The summed E-state index contributed by atoms with van der Waals surface area (Å²) >= 11 is 0. The monoisotopic (exact) mass is 319 g/mol. The number of aromatic nitrogens is 2. The van der Waals surface area contributed by atoms with Gasteiger partial charge in [-0.15, -0.1) is 0 Å². The van der Waals surface area contributed by atoms with Crippen LogP contribution in [0.25, 0.3) is 5.65 Å². The largest absolute Gasteiger partial charge is 0.334 e. The number of fused-ring (bicyclic) bond motifs is 1. The molecule has 0 atom stereocenters. The van der Waals surface area contributed by atoms with Gasteiger partial charge in [0.15, 0.2) is 0 Å². The van der Waals surface area contributed by atoms with Crippen molar-refractivity contribution in [3.63, 3.8) is 0 Å². The minimum absolute atomic E-state index is 0.203. The Morgan fingerprint density at radius 1 is 1.25 bits per heavy atom. The van der Waals surface area contributed by atoms with Crippen molar-refractivity contribution in [3.8, 4) is 0 Å². The lowest BCUT2D eigenvalue weighted by Crippen LogP contribution is -2.34. The summed E-state index contributed by atoms with van der Waals surface area (Å²) in [5.74, 6) is 0.203. The number of carbonyl (C=O) groups is 1. The fourth-order valence-corrected chi connectivity index (χ4v) is 3.18. The standard InChI is InChI=1S/C20H21N3O/c1-15-5-4-6-16(11-15)12-20(24)23(17-8-9-17)14-18-13-21-19-7-2-3-10-22(18)19/h2-7,10-11,13,17H,8-9,12,14H2,1H3. The van der Waals surface area contributed by atoms with E-state index in [4.69, 9.17) is 0 Å². The average Bonchev–Trinajstić information content (AvgIpc) is 3.33. The molecule has 1 saturated carbocycles. The molecule has 0 saturated heterocycles. The summed E-state index contributed by atoms with van der Waals surface area (Å²) in [5.41, 5.74) is 4.27. The molecule has 4 rings (SSSR count). The predicted molar refractivity (Wildman–Crippen MR) is 93.6 cm³/mol. The van der Waals surface area contributed by atoms with Crippen molar-refractivity contribution in [2.24, 2.45) is 0 Å². The van der Waals surface area contributed by atoms with E-state index in [1.807, 2.05) is 47.6 Å².